The molecule has 6 nitrogen and oxygen atoms in total. The highest BCUT2D eigenvalue weighted by molar-refractivity contribution is 6.03. The van der Waals surface area contributed by atoms with Crippen LogP contribution < -0.4 is 19.5 Å². The van der Waals surface area contributed by atoms with E-state index in [1.165, 1.54) is 31.4 Å². The van der Waals surface area contributed by atoms with Crippen LogP contribution in [0.15, 0.2) is 36.4 Å². The lowest BCUT2D eigenvalue weighted by Gasteiger charge is -2.19. The summed E-state index contributed by atoms with van der Waals surface area (Å²) in [6.45, 7) is 0.359. The molecule has 136 valence electrons. The fourth-order valence-electron chi connectivity index (χ4n) is 2.57. The number of carbonyl (C=O) groups excluding carboxylic acids is 1. The van der Waals surface area contributed by atoms with E-state index < -0.39 is 11.7 Å². The Kier molecular flexibility index (Phi) is 5.38. The van der Waals surface area contributed by atoms with Gasteiger partial charge in [-0.05, 0) is 30.3 Å². The Morgan fingerprint density at radius 3 is 2.85 bits per heavy atom. The maximum Gasteiger partial charge on any atom is 0.248 e. The number of carbonyl (C=O) groups is 1. The highest BCUT2D eigenvalue weighted by Crippen LogP contribution is 2.31. The molecule has 1 aliphatic rings. The summed E-state index contributed by atoms with van der Waals surface area (Å²) in [5.41, 5.74) is 1.57. The Labute approximate surface area is 150 Å². The topological polar surface area (TPSA) is 66.0 Å². The molecule has 1 amide bonds. The summed E-state index contributed by atoms with van der Waals surface area (Å²) >= 11 is 0. The second-order valence-electron chi connectivity index (χ2n) is 5.48. The lowest BCUT2D eigenvalue weighted by molar-refractivity contribution is -0.111. The van der Waals surface area contributed by atoms with Gasteiger partial charge < -0.3 is 24.3 Å². The Hall–Kier alpha value is -3.06. The quantitative estimate of drug-likeness (QED) is 0.830. The van der Waals surface area contributed by atoms with Crippen molar-refractivity contribution >= 4 is 17.7 Å². The largest absolute Gasteiger partial charge is 0.497 e. The molecule has 2 aromatic rings. The molecule has 1 heterocycles. The Morgan fingerprint density at radius 2 is 2.08 bits per heavy atom. The normalized spacial score (nSPS) is 13.0. The van der Waals surface area contributed by atoms with Gasteiger partial charge in [0.15, 0.2) is 6.79 Å². The van der Waals surface area contributed by atoms with Gasteiger partial charge in [-0.2, -0.15) is 0 Å². The first kappa shape index (κ1) is 17.8. The van der Waals surface area contributed by atoms with Gasteiger partial charge in [0.25, 0.3) is 0 Å². The average Bonchev–Trinajstić information content (AvgIpc) is 2.66. The summed E-state index contributed by atoms with van der Waals surface area (Å²) in [5, 5.41) is 2.71. The zero-order valence-corrected chi connectivity index (χ0v) is 14.4. The third-order valence-electron chi connectivity index (χ3n) is 3.78. The Bertz CT molecular complexity index is 850. The number of ether oxygens (including phenoxy) is 4. The second kappa shape index (κ2) is 7.88. The summed E-state index contributed by atoms with van der Waals surface area (Å²) in [6, 6.07) is 7.71. The first-order chi connectivity index (χ1) is 12.6. The fraction of sp³-hybridized carbons (Fsp3) is 0.211. The van der Waals surface area contributed by atoms with E-state index in [1.54, 1.807) is 25.3 Å². The molecule has 0 fully saturated rings. The molecule has 0 aliphatic carbocycles. The summed E-state index contributed by atoms with van der Waals surface area (Å²) in [5.74, 6) is 0.785. The monoisotopic (exact) mass is 359 g/mol. The molecule has 0 saturated carbocycles. The number of benzene rings is 2. The number of halogens is 1. The second-order valence-corrected chi connectivity index (χ2v) is 5.48. The number of hydrogen-bond acceptors (Lipinski definition) is 5. The third-order valence-corrected chi connectivity index (χ3v) is 3.78. The van der Waals surface area contributed by atoms with Gasteiger partial charge in [0.05, 0.1) is 26.5 Å². The molecule has 0 radical (unpaired) electrons. The predicted octanol–water partition coefficient (Wildman–Crippen LogP) is 3.36. The summed E-state index contributed by atoms with van der Waals surface area (Å²) in [6.07, 6.45) is 2.80. The van der Waals surface area contributed by atoms with Crippen molar-refractivity contribution in [2.45, 2.75) is 6.61 Å². The van der Waals surface area contributed by atoms with Crippen molar-refractivity contribution in [1.82, 2.24) is 0 Å². The van der Waals surface area contributed by atoms with E-state index in [0.717, 1.165) is 0 Å². The minimum Gasteiger partial charge on any atom is -0.497 e. The van der Waals surface area contributed by atoms with Crippen molar-refractivity contribution in [2.75, 3.05) is 26.3 Å². The number of fused-ring (bicyclic) bond motifs is 1. The van der Waals surface area contributed by atoms with E-state index in [1.807, 2.05) is 0 Å². The maximum absolute atomic E-state index is 13.7. The maximum atomic E-state index is 13.7. The van der Waals surface area contributed by atoms with Crippen LogP contribution >= 0.6 is 0 Å². The molecule has 0 atom stereocenters. The molecule has 0 bridgehead atoms. The molecule has 0 spiro atoms. The standard InChI is InChI=1S/C19H18FNO5/c1-23-15-4-5-16(17(9-15)24-2)21-18(22)6-3-12-7-14(20)8-13-10-25-11-26-19(12)13/h3-9H,10-11H2,1-2H3,(H,21,22)/b6-3+. The molecule has 0 saturated heterocycles. The number of nitrogens with one attached hydrogen (secondary N) is 1. The van der Waals surface area contributed by atoms with Crippen LogP contribution in [-0.4, -0.2) is 26.9 Å². The zero-order chi connectivity index (χ0) is 18.5. The van der Waals surface area contributed by atoms with Crippen LogP contribution in [0.1, 0.15) is 11.1 Å². The molecule has 1 aliphatic heterocycles. The van der Waals surface area contributed by atoms with Crippen LogP contribution in [0.3, 0.4) is 0 Å². The van der Waals surface area contributed by atoms with Gasteiger partial charge >= 0.3 is 0 Å². The number of rotatable bonds is 5. The molecule has 2 aromatic carbocycles. The summed E-state index contributed by atoms with van der Waals surface area (Å²) < 4.78 is 34.6. The minimum atomic E-state index is -0.422. The molecule has 1 N–H and O–H groups in total. The van der Waals surface area contributed by atoms with Crippen molar-refractivity contribution in [3.8, 4) is 17.2 Å². The first-order valence-electron chi connectivity index (χ1n) is 7.84. The van der Waals surface area contributed by atoms with Gasteiger partial charge in [0, 0.05) is 23.3 Å². The van der Waals surface area contributed by atoms with Crippen LogP contribution in [0.2, 0.25) is 0 Å². The van der Waals surface area contributed by atoms with Crippen molar-refractivity contribution in [2.24, 2.45) is 0 Å². The Balaban J connectivity index is 1.78. The number of methoxy groups -OCH3 is 2. The van der Waals surface area contributed by atoms with Gasteiger partial charge in [0.2, 0.25) is 5.91 Å². The van der Waals surface area contributed by atoms with E-state index >= 15 is 0 Å². The third kappa shape index (κ3) is 3.94. The van der Waals surface area contributed by atoms with Crippen molar-refractivity contribution in [3.63, 3.8) is 0 Å². The van der Waals surface area contributed by atoms with E-state index in [-0.39, 0.29) is 13.4 Å². The van der Waals surface area contributed by atoms with Gasteiger partial charge in [0.1, 0.15) is 23.1 Å². The number of anilines is 1. The Morgan fingerprint density at radius 1 is 1.23 bits per heavy atom. The average molecular weight is 359 g/mol. The summed E-state index contributed by atoms with van der Waals surface area (Å²) in [7, 11) is 3.04. The zero-order valence-electron chi connectivity index (χ0n) is 14.4. The molecule has 0 unspecified atom stereocenters. The molecule has 0 aromatic heterocycles. The molecular weight excluding hydrogens is 341 g/mol. The van der Waals surface area contributed by atoms with Gasteiger partial charge in [-0.1, -0.05) is 0 Å². The minimum absolute atomic E-state index is 0.0920. The fourth-order valence-corrected chi connectivity index (χ4v) is 2.57. The van der Waals surface area contributed by atoms with Crippen LogP contribution in [0.4, 0.5) is 10.1 Å². The van der Waals surface area contributed by atoms with E-state index in [9.17, 15) is 9.18 Å². The van der Waals surface area contributed by atoms with E-state index in [4.69, 9.17) is 18.9 Å². The van der Waals surface area contributed by atoms with Crippen LogP contribution in [0, 0.1) is 5.82 Å². The number of hydrogen-bond donors (Lipinski definition) is 1. The van der Waals surface area contributed by atoms with Crippen molar-refractivity contribution in [1.29, 1.82) is 0 Å². The van der Waals surface area contributed by atoms with E-state index in [2.05, 4.69) is 5.32 Å². The SMILES string of the molecule is COc1ccc(NC(=O)/C=C/c2cc(F)cc3c2OCOC3)c(OC)c1. The smallest absolute Gasteiger partial charge is 0.248 e. The summed E-state index contributed by atoms with van der Waals surface area (Å²) in [4.78, 5) is 12.2. The van der Waals surface area contributed by atoms with Crippen molar-refractivity contribution in [3.05, 3.63) is 53.4 Å². The van der Waals surface area contributed by atoms with Crippen LogP contribution in [0.25, 0.3) is 6.08 Å². The number of amides is 1. The lowest BCUT2D eigenvalue weighted by atomic mass is 10.1. The van der Waals surface area contributed by atoms with Crippen LogP contribution in [-0.2, 0) is 16.1 Å². The highest BCUT2D eigenvalue weighted by Gasteiger charge is 2.16. The molecule has 7 heteroatoms. The molecular formula is C19H18FNO5. The first-order valence-corrected chi connectivity index (χ1v) is 7.84. The van der Waals surface area contributed by atoms with Crippen molar-refractivity contribution < 1.29 is 28.1 Å². The lowest BCUT2D eigenvalue weighted by Crippen LogP contribution is -2.13. The van der Waals surface area contributed by atoms with E-state index in [0.29, 0.717) is 34.1 Å². The molecule has 3 rings (SSSR count). The highest BCUT2D eigenvalue weighted by atomic mass is 19.1. The predicted molar refractivity (Wildman–Crippen MR) is 93.9 cm³/mol. The van der Waals surface area contributed by atoms with Gasteiger partial charge in [-0.15, -0.1) is 0 Å². The molecule has 26 heavy (non-hydrogen) atoms. The van der Waals surface area contributed by atoms with Gasteiger partial charge in [-0.25, -0.2) is 4.39 Å². The van der Waals surface area contributed by atoms with Gasteiger partial charge in [-0.3, -0.25) is 4.79 Å². The van der Waals surface area contributed by atoms with Crippen LogP contribution in [0.5, 0.6) is 17.2 Å².